The molecule has 94 valence electrons. The van der Waals surface area contributed by atoms with Crippen LogP contribution in [0.2, 0.25) is 0 Å². The van der Waals surface area contributed by atoms with Gasteiger partial charge < -0.3 is 15.3 Å². The number of amides is 1. The summed E-state index contributed by atoms with van der Waals surface area (Å²) < 4.78 is 0. The van der Waals surface area contributed by atoms with Crippen molar-refractivity contribution in [3.8, 4) is 0 Å². The number of piperidine rings is 1. The second-order valence-corrected chi connectivity index (χ2v) is 4.83. The zero-order valence-corrected chi connectivity index (χ0v) is 10.4. The van der Waals surface area contributed by atoms with Crippen LogP contribution >= 0.6 is 0 Å². The predicted octanol–water partition coefficient (Wildman–Crippen LogP) is 0.463. The van der Waals surface area contributed by atoms with Crippen LogP contribution in [0.15, 0.2) is 0 Å². The minimum atomic E-state index is 0.0433. The number of nitrogens with one attached hydrogen (secondary N) is 1. The average Bonchev–Trinajstić information content (AvgIpc) is 2.30. The summed E-state index contributed by atoms with van der Waals surface area (Å²) in [4.78, 5) is 13.4. The van der Waals surface area contributed by atoms with Crippen molar-refractivity contribution in [2.45, 2.75) is 26.2 Å². The van der Waals surface area contributed by atoms with Crippen LogP contribution in [0.4, 0.5) is 0 Å². The number of hydrogen-bond donors (Lipinski definition) is 2. The van der Waals surface area contributed by atoms with Gasteiger partial charge in [-0.15, -0.1) is 0 Å². The molecule has 0 saturated carbocycles. The number of rotatable bonds is 5. The predicted molar refractivity (Wildman–Crippen MR) is 64.1 cm³/mol. The molecule has 0 spiro atoms. The average molecular weight is 228 g/mol. The molecule has 2 unspecified atom stereocenters. The van der Waals surface area contributed by atoms with E-state index >= 15 is 0 Å². The molecule has 2 atom stereocenters. The van der Waals surface area contributed by atoms with Crippen molar-refractivity contribution in [3.05, 3.63) is 0 Å². The Morgan fingerprint density at radius 1 is 1.62 bits per heavy atom. The molecular formula is C12H24N2O2. The number of likely N-dealkylation sites (N-methyl/N-ethyl adjacent to an activating group) is 1. The largest absolute Gasteiger partial charge is 0.395 e. The van der Waals surface area contributed by atoms with Gasteiger partial charge in [-0.3, -0.25) is 4.79 Å². The van der Waals surface area contributed by atoms with Gasteiger partial charge in [-0.2, -0.15) is 0 Å². The van der Waals surface area contributed by atoms with Crippen LogP contribution in [0.1, 0.15) is 26.2 Å². The monoisotopic (exact) mass is 228 g/mol. The van der Waals surface area contributed by atoms with Crippen LogP contribution in [0.3, 0.4) is 0 Å². The maximum Gasteiger partial charge on any atom is 0.222 e. The molecule has 0 bridgehead atoms. The van der Waals surface area contributed by atoms with E-state index in [0.29, 0.717) is 24.8 Å². The highest BCUT2D eigenvalue weighted by atomic mass is 16.3. The minimum Gasteiger partial charge on any atom is -0.395 e. The molecule has 2 N–H and O–H groups in total. The lowest BCUT2D eigenvalue weighted by molar-refractivity contribution is -0.131. The number of carbonyl (C=O) groups excluding carboxylic acids is 1. The summed E-state index contributed by atoms with van der Waals surface area (Å²) in [7, 11) is 1.75. The van der Waals surface area contributed by atoms with Gasteiger partial charge in [0, 0.05) is 20.0 Å². The molecule has 1 heterocycles. The van der Waals surface area contributed by atoms with Gasteiger partial charge in [0.15, 0.2) is 0 Å². The Hall–Kier alpha value is -0.610. The molecule has 0 aliphatic carbocycles. The van der Waals surface area contributed by atoms with Gasteiger partial charge in [-0.1, -0.05) is 6.92 Å². The van der Waals surface area contributed by atoms with Crippen LogP contribution < -0.4 is 5.32 Å². The quantitative estimate of drug-likeness (QED) is 0.719. The van der Waals surface area contributed by atoms with E-state index in [1.165, 1.54) is 12.8 Å². The second kappa shape index (κ2) is 6.86. The Morgan fingerprint density at radius 3 is 2.94 bits per heavy atom. The zero-order chi connectivity index (χ0) is 12.0. The van der Waals surface area contributed by atoms with Gasteiger partial charge in [0.2, 0.25) is 5.91 Å². The lowest BCUT2D eigenvalue weighted by atomic mass is 9.85. The summed E-state index contributed by atoms with van der Waals surface area (Å²) >= 11 is 0. The first-order valence-electron chi connectivity index (χ1n) is 6.20. The Bertz CT molecular complexity index is 215. The molecule has 1 aliphatic rings. The zero-order valence-electron chi connectivity index (χ0n) is 10.4. The summed E-state index contributed by atoms with van der Waals surface area (Å²) in [5.41, 5.74) is 0. The van der Waals surface area contributed by atoms with Gasteiger partial charge >= 0.3 is 0 Å². The van der Waals surface area contributed by atoms with Crippen LogP contribution in [-0.4, -0.2) is 49.2 Å². The van der Waals surface area contributed by atoms with Crippen LogP contribution in [0, 0.1) is 11.8 Å². The lowest BCUT2D eigenvalue weighted by Crippen LogP contribution is -2.36. The standard InChI is InChI=1S/C12H24N2O2/c1-10(11-4-3-5-13-9-11)8-12(16)14(2)6-7-15/h10-11,13,15H,3-9H2,1-2H3. The molecule has 0 aromatic carbocycles. The fourth-order valence-corrected chi connectivity index (χ4v) is 2.24. The van der Waals surface area contributed by atoms with Crippen molar-refractivity contribution < 1.29 is 9.90 Å². The summed E-state index contributed by atoms with van der Waals surface area (Å²) in [6.45, 7) is 4.79. The topological polar surface area (TPSA) is 52.6 Å². The summed E-state index contributed by atoms with van der Waals surface area (Å²) in [5, 5.41) is 12.1. The van der Waals surface area contributed by atoms with Gasteiger partial charge in [-0.25, -0.2) is 0 Å². The highest BCUT2D eigenvalue weighted by Gasteiger charge is 2.22. The van der Waals surface area contributed by atoms with Crippen molar-refractivity contribution in [3.63, 3.8) is 0 Å². The normalized spacial score (nSPS) is 22.8. The molecule has 1 amide bonds. The number of carbonyl (C=O) groups is 1. The number of aliphatic hydroxyl groups excluding tert-OH is 1. The molecule has 1 rings (SSSR count). The van der Waals surface area contributed by atoms with Crippen molar-refractivity contribution in [2.75, 3.05) is 33.3 Å². The fraction of sp³-hybridized carbons (Fsp3) is 0.917. The molecule has 0 aromatic heterocycles. The smallest absolute Gasteiger partial charge is 0.222 e. The SMILES string of the molecule is CC(CC(=O)N(C)CCO)C1CCCNC1. The third kappa shape index (κ3) is 4.10. The van der Waals surface area contributed by atoms with Crippen LogP contribution in [-0.2, 0) is 4.79 Å². The molecule has 1 fully saturated rings. The third-order valence-electron chi connectivity index (χ3n) is 3.50. The Morgan fingerprint density at radius 2 is 2.38 bits per heavy atom. The molecule has 0 radical (unpaired) electrons. The van der Waals surface area contributed by atoms with E-state index in [4.69, 9.17) is 5.11 Å². The van der Waals surface area contributed by atoms with Gasteiger partial charge in [0.05, 0.1) is 6.61 Å². The Labute approximate surface area is 98.0 Å². The highest BCUT2D eigenvalue weighted by molar-refractivity contribution is 5.76. The van der Waals surface area contributed by atoms with Crippen molar-refractivity contribution in [1.29, 1.82) is 0 Å². The second-order valence-electron chi connectivity index (χ2n) is 4.83. The first-order chi connectivity index (χ1) is 7.65. The lowest BCUT2D eigenvalue weighted by Gasteiger charge is -2.29. The number of nitrogens with zero attached hydrogens (tertiary/aromatic N) is 1. The molecule has 1 saturated heterocycles. The summed E-state index contributed by atoms with van der Waals surface area (Å²) in [6.07, 6.45) is 3.05. The molecule has 4 nitrogen and oxygen atoms in total. The minimum absolute atomic E-state index is 0.0433. The van der Waals surface area contributed by atoms with E-state index < -0.39 is 0 Å². The van der Waals surface area contributed by atoms with Crippen molar-refractivity contribution in [2.24, 2.45) is 11.8 Å². The van der Waals surface area contributed by atoms with Crippen molar-refractivity contribution in [1.82, 2.24) is 10.2 Å². The van der Waals surface area contributed by atoms with Crippen molar-refractivity contribution >= 4 is 5.91 Å². The van der Waals surface area contributed by atoms with Gasteiger partial charge in [0.1, 0.15) is 0 Å². The first-order valence-corrected chi connectivity index (χ1v) is 6.20. The van der Waals surface area contributed by atoms with E-state index in [0.717, 1.165) is 13.1 Å². The van der Waals surface area contributed by atoms with Crippen LogP contribution in [0.5, 0.6) is 0 Å². The third-order valence-corrected chi connectivity index (χ3v) is 3.50. The van der Waals surface area contributed by atoms with Gasteiger partial charge in [-0.05, 0) is 37.8 Å². The fourth-order valence-electron chi connectivity index (χ4n) is 2.24. The van der Waals surface area contributed by atoms with E-state index in [1.807, 2.05) is 0 Å². The maximum atomic E-state index is 11.8. The van der Waals surface area contributed by atoms with E-state index in [-0.39, 0.29) is 12.5 Å². The maximum absolute atomic E-state index is 11.8. The molecule has 4 heteroatoms. The van der Waals surface area contributed by atoms with E-state index in [1.54, 1.807) is 11.9 Å². The van der Waals surface area contributed by atoms with Gasteiger partial charge in [0.25, 0.3) is 0 Å². The van der Waals surface area contributed by atoms with Crippen LogP contribution in [0.25, 0.3) is 0 Å². The number of hydrogen-bond acceptors (Lipinski definition) is 3. The highest BCUT2D eigenvalue weighted by Crippen LogP contribution is 2.22. The van der Waals surface area contributed by atoms with E-state index in [9.17, 15) is 4.79 Å². The molecule has 0 aromatic rings. The Balaban J connectivity index is 2.31. The summed E-state index contributed by atoms with van der Waals surface area (Å²) in [5.74, 6) is 1.20. The Kier molecular flexibility index (Phi) is 5.77. The number of aliphatic hydroxyl groups is 1. The first kappa shape index (κ1) is 13.5. The summed E-state index contributed by atoms with van der Waals surface area (Å²) in [6, 6.07) is 0. The molecule has 16 heavy (non-hydrogen) atoms. The molecular weight excluding hydrogens is 204 g/mol. The van der Waals surface area contributed by atoms with E-state index in [2.05, 4.69) is 12.2 Å². The molecule has 1 aliphatic heterocycles.